The van der Waals surface area contributed by atoms with Crippen LogP contribution in [0, 0.1) is 6.92 Å². The lowest BCUT2D eigenvalue weighted by Gasteiger charge is -2.36. The molecular formula is C19H23N3O2. The number of hydrogen-bond donors (Lipinski definition) is 2. The second-order valence-corrected chi connectivity index (χ2v) is 6.22. The van der Waals surface area contributed by atoms with Crippen LogP contribution in [0.5, 0.6) is 0 Å². The molecule has 0 atom stereocenters. The summed E-state index contributed by atoms with van der Waals surface area (Å²) in [5.41, 5.74) is 3.07. The Labute approximate surface area is 142 Å². The highest BCUT2D eigenvalue weighted by Gasteiger charge is 2.30. The minimum absolute atomic E-state index is 0.191. The topological polar surface area (TPSA) is 63.2 Å². The lowest BCUT2D eigenvalue weighted by molar-refractivity contribution is 0.125. The summed E-state index contributed by atoms with van der Waals surface area (Å²) in [7, 11) is 0. The van der Waals surface area contributed by atoms with Crippen molar-refractivity contribution in [2.45, 2.75) is 45.0 Å². The number of hydrogen-bond acceptors (Lipinski definition) is 4. The first-order valence-electron chi connectivity index (χ1n) is 8.32. The highest BCUT2D eigenvalue weighted by molar-refractivity contribution is 5.67. The molecule has 1 saturated carbocycles. The molecule has 126 valence electrons. The smallest absolute Gasteiger partial charge is 0.407 e. The second kappa shape index (κ2) is 7.93. The molecule has 1 aliphatic carbocycles. The maximum atomic E-state index is 11.8. The van der Waals surface area contributed by atoms with Gasteiger partial charge >= 0.3 is 6.09 Å². The first kappa shape index (κ1) is 16.5. The molecule has 1 heterocycles. The number of pyridine rings is 1. The quantitative estimate of drug-likeness (QED) is 0.857. The fourth-order valence-corrected chi connectivity index (χ4v) is 2.78. The van der Waals surface area contributed by atoms with Crippen LogP contribution in [0.1, 0.15) is 29.8 Å². The van der Waals surface area contributed by atoms with E-state index in [1.165, 1.54) is 0 Å². The number of amides is 1. The van der Waals surface area contributed by atoms with Crippen molar-refractivity contribution in [2.75, 3.05) is 0 Å². The first-order chi connectivity index (χ1) is 11.7. The average Bonchev–Trinajstić information content (AvgIpc) is 2.56. The molecule has 3 rings (SSSR count). The van der Waals surface area contributed by atoms with E-state index >= 15 is 0 Å². The van der Waals surface area contributed by atoms with Gasteiger partial charge in [0.05, 0.1) is 5.69 Å². The van der Waals surface area contributed by atoms with Gasteiger partial charge in [-0.15, -0.1) is 0 Å². The van der Waals surface area contributed by atoms with E-state index in [1.807, 2.05) is 55.5 Å². The molecule has 1 amide bonds. The molecule has 1 fully saturated rings. The number of nitrogens with zero attached hydrogens (tertiary/aromatic N) is 1. The molecule has 0 saturated heterocycles. The number of nitrogens with one attached hydrogen (secondary N) is 2. The minimum Gasteiger partial charge on any atom is -0.445 e. The summed E-state index contributed by atoms with van der Waals surface area (Å²) in [4.78, 5) is 16.3. The van der Waals surface area contributed by atoms with Crippen molar-refractivity contribution in [1.82, 2.24) is 15.6 Å². The zero-order valence-corrected chi connectivity index (χ0v) is 13.9. The summed E-state index contributed by atoms with van der Waals surface area (Å²) in [5, 5.41) is 6.38. The second-order valence-electron chi connectivity index (χ2n) is 6.22. The predicted molar refractivity (Wildman–Crippen MR) is 92.4 cm³/mol. The van der Waals surface area contributed by atoms with Gasteiger partial charge in [-0.3, -0.25) is 4.98 Å². The van der Waals surface area contributed by atoms with Crippen molar-refractivity contribution in [1.29, 1.82) is 0 Å². The van der Waals surface area contributed by atoms with E-state index in [4.69, 9.17) is 4.74 Å². The van der Waals surface area contributed by atoms with E-state index in [9.17, 15) is 4.79 Å². The van der Waals surface area contributed by atoms with Gasteiger partial charge in [0, 0.05) is 24.3 Å². The maximum Gasteiger partial charge on any atom is 0.407 e. The lowest BCUT2D eigenvalue weighted by Crippen LogP contribution is -2.52. The number of aryl methyl sites for hydroxylation is 1. The molecule has 1 aliphatic rings. The van der Waals surface area contributed by atoms with E-state index in [0.29, 0.717) is 12.6 Å². The van der Waals surface area contributed by atoms with E-state index in [2.05, 4.69) is 15.6 Å². The maximum absolute atomic E-state index is 11.8. The van der Waals surface area contributed by atoms with Crippen molar-refractivity contribution < 1.29 is 9.53 Å². The van der Waals surface area contributed by atoms with Crippen molar-refractivity contribution in [3.05, 3.63) is 65.5 Å². The Hall–Kier alpha value is -2.40. The fraction of sp³-hybridized carbons (Fsp3) is 0.368. The molecule has 0 bridgehead atoms. The summed E-state index contributed by atoms with van der Waals surface area (Å²) in [6.45, 7) is 3.06. The van der Waals surface area contributed by atoms with Gasteiger partial charge in [0.15, 0.2) is 0 Å². The van der Waals surface area contributed by atoms with E-state index in [-0.39, 0.29) is 12.1 Å². The highest BCUT2D eigenvalue weighted by atomic mass is 16.5. The molecule has 5 nitrogen and oxygen atoms in total. The monoisotopic (exact) mass is 325 g/mol. The van der Waals surface area contributed by atoms with Crippen molar-refractivity contribution in [3.63, 3.8) is 0 Å². The average molecular weight is 325 g/mol. The number of carbonyl (C=O) groups excluding carboxylic acids is 1. The van der Waals surface area contributed by atoms with E-state index < -0.39 is 0 Å². The number of aromatic nitrogens is 1. The van der Waals surface area contributed by atoms with Gasteiger partial charge in [-0.2, -0.15) is 0 Å². The predicted octanol–water partition coefficient (Wildman–Crippen LogP) is 2.94. The van der Waals surface area contributed by atoms with Gasteiger partial charge in [-0.05, 0) is 37.5 Å². The number of benzene rings is 1. The number of alkyl carbamates (subject to hydrolysis) is 1. The first-order valence-corrected chi connectivity index (χ1v) is 8.32. The molecule has 0 unspecified atom stereocenters. The zero-order valence-electron chi connectivity index (χ0n) is 13.9. The summed E-state index contributed by atoms with van der Waals surface area (Å²) in [6, 6.07) is 16.3. The third-order valence-electron chi connectivity index (χ3n) is 4.19. The number of ether oxygens (including phenoxy) is 1. The SMILES string of the molecule is Cc1cccc(CNC2CC(NC(=O)OCc3ccccc3)C2)n1. The third kappa shape index (κ3) is 4.80. The van der Waals surface area contributed by atoms with Crippen LogP contribution in [0.2, 0.25) is 0 Å². The van der Waals surface area contributed by atoms with E-state index in [0.717, 1.165) is 36.3 Å². The summed E-state index contributed by atoms with van der Waals surface area (Å²) < 4.78 is 5.23. The van der Waals surface area contributed by atoms with Crippen LogP contribution in [0.15, 0.2) is 48.5 Å². The van der Waals surface area contributed by atoms with Crippen molar-refractivity contribution in [3.8, 4) is 0 Å². The number of rotatable bonds is 6. The van der Waals surface area contributed by atoms with Crippen LogP contribution < -0.4 is 10.6 Å². The summed E-state index contributed by atoms with van der Waals surface area (Å²) in [5.74, 6) is 0. The minimum atomic E-state index is -0.345. The molecule has 0 spiro atoms. The summed E-state index contributed by atoms with van der Waals surface area (Å²) in [6.07, 6.45) is 1.50. The third-order valence-corrected chi connectivity index (χ3v) is 4.19. The normalized spacial score (nSPS) is 19.4. The van der Waals surface area contributed by atoms with Crippen molar-refractivity contribution in [2.24, 2.45) is 0 Å². The molecule has 2 N–H and O–H groups in total. The van der Waals surface area contributed by atoms with Crippen LogP contribution in [0.25, 0.3) is 0 Å². The van der Waals surface area contributed by atoms with E-state index in [1.54, 1.807) is 0 Å². The summed E-state index contributed by atoms with van der Waals surface area (Å²) >= 11 is 0. The highest BCUT2D eigenvalue weighted by Crippen LogP contribution is 2.20. The van der Waals surface area contributed by atoms with Gasteiger partial charge in [0.2, 0.25) is 0 Å². The van der Waals surface area contributed by atoms with Gasteiger partial charge in [-0.1, -0.05) is 36.4 Å². The fourth-order valence-electron chi connectivity index (χ4n) is 2.78. The molecule has 5 heteroatoms. The Kier molecular flexibility index (Phi) is 5.43. The Bertz CT molecular complexity index is 669. The molecule has 24 heavy (non-hydrogen) atoms. The van der Waals surface area contributed by atoms with Gasteiger partial charge in [0.25, 0.3) is 0 Å². The largest absolute Gasteiger partial charge is 0.445 e. The molecule has 2 aromatic rings. The van der Waals surface area contributed by atoms with Gasteiger partial charge in [-0.25, -0.2) is 4.79 Å². The Morgan fingerprint density at radius 1 is 1.12 bits per heavy atom. The van der Waals surface area contributed by atoms with Crippen LogP contribution in [-0.4, -0.2) is 23.2 Å². The molecule has 0 radical (unpaired) electrons. The molecule has 0 aliphatic heterocycles. The Balaban J connectivity index is 1.31. The molecule has 1 aromatic heterocycles. The number of carbonyl (C=O) groups is 1. The van der Waals surface area contributed by atoms with Gasteiger partial charge in [0.1, 0.15) is 6.61 Å². The van der Waals surface area contributed by atoms with Crippen LogP contribution in [0.4, 0.5) is 4.79 Å². The van der Waals surface area contributed by atoms with Crippen LogP contribution in [-0.2, 0) is 17.9 Å². The van der Waals surface area contributed by atoms with Crippen molar-refractivity contribution >= 4 is 6.09 Å². The zero-order chi connectivity index (χ0) is 16.8. The van der Waals surface area contributed by atoms with Crippen LogP contribution in [0.3, 0.4) is 0 Å². The van der Waals surface area contributed by atoms with Gasteiger partial charge < -0.3 is 15.4 Å². The lowest BCUT2D eigenvalue weighted by atomic mass is 9.87. The molecular weight excluding hydrogens is 302 g/mol. The Morgan fingerprint density at radius 3 is 2.67 bits per heavy atom. The standard InChI is InChI=1S/C19H23N3O2/c1-14-6-5-9-16(21-14)12-20-17-10-18(11-17)22-19(23)24-13-15-7-3-2-4-8-15/h2-9,17-18,20H,10-13H2,1H3,(H,22,23). The van der Waals surface area contributed by atoms with Crippen LogP contribution >= 0.6 is 0 Å². The molecule has 1 aromatic carbocycles. The Morgan fingerprint density at radius 2 is 1.92 bits per heavy atom.